The summed E-state index contributed by atoms with van der Waals surface area (Å²) in [5.41, 5.74) is 8.65. The van der Waals surface area contributed by atoms with Crippen molar-refractivity contribution in [2.24, 2.45) is 0 Å². The van der Waals surface area contributed by atoms with Gasteiger partial charge in [-0.3, -0.25) is 0 Å². The summed E-state index contributed by atoms with van der Waals surface area (Å²) in [7, 11) is 0. The highest BCUT2D eigenvalue weighted by Crippen LogP contribution is 2.37. The first-order chi connectivity index (χ1) is 21.4. The molecule has 0 N–H and O–H groups in total. The zero-order valence-corrected chi connectivity index (χ0v) is 25.0. The molecule has 1 aliphatic rings. The van der Waals surface area contributed by atoms with Gasteiger partial charge >= 0.3 is 11.9 Å². The first-order valence-corrected chi connectivity index (χ1v) is 14.9. The lowest BCUT2D eigenvalue weighted by Gasteiger charge is -2.27. The van der Waals surface area contributed by atoms with E-state index in [9.17, 15) is 9.59 Å². The Kier molecular flexibility index (Phi) is 9.92. The van der Waals surface area contributed by atoms with E-state index in [-0.39, 0.29) is 18.8 Å². The highest BCUT2D eigenvalue weighted by atomic mass is 16.6. The number of carbonyl (C=O) groups excluding carboxylic acids is 2. The Bertz CT molecular complexity index is 1610. The average Bonchev–Trinajstić information content (AvgIpc) is 3.06. The van der Waals surface area contributed by atoms with Crippen LogP contribution in [0.1, 0.15) is 30.9 Å². The first-order valence-electron chi connectivity index (χ1n) is 14.9. The molecule has 1 aliphatic carbocycles. The van der Waals surface area contributed by atoms with Crippen molar-refractivity contribution >= 4 is 29.0 Å². The molecular weight excluding hydrogens is 550 g/mol. The van der Waals surface area contributed by atoms with Crippen LogP contribution in [0.5, 0.6) is 5.75 Å². The predicted molar refractivity (Wildman–Crippen MR) is 175 cm³/mol. The summed E-state index contributed by atoms with van der Waals surface area (Å²) in [6.45, 7) is 8.38. The minimum absolute atomic E-state index is 0.00904. The second-order valence-electron chi connectivity index (χ2n) is 10.9. The number of benzene rings is 4. The number of fused-ring (bicyclic) bond motifs is 1. The molecular formula is C38H37NO5. The molecule has 1 atom stereocenters. The van der Waals surface area contributed by atoms with Gasteiger partial charge in [-0.1, -0.05) is 61.7 Å². The van der Waals surface area contributed by atoms with Crippen LogP contribution in [0.15, 0.2) is 122 Å². The van der Waals surface area contributed by atoms with Crippen LogP contribution in [0.2, 0.25) is 0 Å². The van der Waals surface area contributed by atoms with E-state index in [4.69, 9.17) is 14.2 Å². The number of ether oxygens (including phenoxy) is 3. The van der Waals surface area contributed by atoms with Gasteiger partial charge in [0.25, 0.3) is 0 Å². The van der Waals surface area contributed by atoms with E-state index in [0.29, 0.717) is 5.75 Å². The van der Waals surface area contributed by atoms with Crippen LogP contribution >= 0.6 is 0 Å². The van der Waals surface area contributed by atoms with Crippen LogP contribution in [-0.2, 0) is 31.9 Å². The minimum atomic E-state index is -0.793. The fraction of sp³-hybridized carbons (Fsp3) is 0.211. The largest absolute Gasteiger partial charge is 0.490 e. The van der Waals surface area contributed by atoms with E-state index in [0.717, 1.165) is 47.1 Å². The Morgan fingerprint density at radius 2 is 1.41 bits per heavy atom. The number of rotatable bonds is 12. The lowest BCUT2D eigenvalue weighted by Crippen LogP contribution is -2.30. The molecule has 5 rings (SSSR count). The van der Waals surface area contributed by atoms with E-state index < -0.39 is 18.0 Å². The number of aryl methyl sites for hydroxylation is 2. The van der Waals surface area contributed by atoms with E-state index in [1.54, 1.807) is 6.92 Å². The maximum absolute atomic E-state index is 11.8. The third kappa shape index (κ3) is 7.64. The molecule has 0 bridgehead atoms. The summed E-state index contributed by atoms with van der Waals surface area (Å²) in [5.74, 6) is -0.588. The van der Waals surface area contributed by atoms with Gasteiger partial charge in [0.1, 0.15) is 19.0 Å². The Morgan fingerprint density at radius 1 is 0.795 bits per heavy atom. The van der Waals surface area contributed by atoms with Gasteiger partial charge in [-0.25, -0.2) is 9.59 Å². The van der Waals surface area contributed by atoms with Crippen molar-refractivity contribution in [1.82, 2.24) is 0 Å². The molecule has 0 amide bonds. The molecule has 0 aliphatic heterocycles. The number of esters is 2. The molecule has 0 radical (unpaired) electrons. The zero-order valence-electron chi connectivity index (χ0n) is 25.0. The molecule has 44 heavy (non-hydrogen) atoms. The van der Waals surface area contributed by atoms with Crippen molar-refractivity contribution in [2.75, 3.05) is 18.1 Å². The van der Waals surface area contributed by atoms with Crippen molar-refractivity contribution in [3.8, 4) is 16.9 Å². The molecule has 224 valence electrons. The normalized spacial score (nSPS) is 12.8. The number of hydrogen-bond acceptors (Lipinski definition) is 6. The summed E-state index contributed by atoms with van der Waals surface area (Å²) >= 11 is 0. The van der Waals surface area contributed by atoms with Gasteiger partial charge in [-0.2, -0.15) is 0 Å². The number of anilines is 3. The van der Waals surface area contributed by atoms with Gasteiger partial charge in [0, 0.05) is 28.7 Å². The smallest absolute Gasteiger partial charge is 0.333 e. The molecule has 4 aromatic rings. The molecule has 0 saturated heterocycles. The van der Waals surface area contributed by atoms with E-state index in [1.807, 2.05) is 30.3 Å². The van der Waals surface area contributed by atoms with Crippen molar-refractivity contribution in [2.45, 2.75) is 38.7 Å². The van der Waals surface area contributed by atoms with Gasteiger partial charge in [-0.15, -0.1) is 0 Å². The van der Waals surface area contributed by atoms with Crippen molar-refractivity contribution in [3.05, 3.63) is 133 Å². The zero-order chi connectivity index (χ0) is 30.9. The summed E-state index contributed by atoms with van der Waals surface area (Å²) in [6.07, 6.45) is 5.07. The lowest BCUT2D eigenvalue weighted by atomic mass is 9.91. The molecule has 0 fully saturated rings. The average molecular weight is 588 g/mol. The highest BCUT2D eigenvalue weighted by molar-refractivity contribution is 5.87. The summed E-state index contributed by atoms with van der Waals surface area (Å²) < 4.78 is 16.3. The first kappa shape index (κ1) is 30.4. The maximum Gasteiger partial charge on any atom is 0.333 e. The highest BCUT2D eigenvalue weighted by Gasteiger charge is 2.18. The van der Waals surface area contributed by atoms with Crippen molar-refractivity contribution < 1.29 is 23.8 Å². The molecule has 1 unspecified atom stereocenters. The van der Waals surface area contributed by atoms with E-state index in [2.05, 4.69) is 84.8 Å². The van der Waals surface area contributed by atoms with Crippen LogP contribution in [0.25, 0.3) is 11.1 Å². The summed E-state index contributed by atoms with van der Waals surface area (Å²) in [6, 6.07) is 33.6. The van der Waals surface area contributed by atoms with Gasteiger partial charge < -0.3 is 19.1 Å². The molecule has 6 heteroatoms. The number of para-hydroxylation sites is 1. The van der Waals surface area contributed by atoms with Gasteiger partial charge in [0.2, 0.25) is 0 Å². The van der Waals surface area contributed by atoms with E-state index >= 15 is 0 Å². The van der Waals surface area contributed by atoms with Gasteiger partial charge in [-0.05, 0) is 103 Å². The van der Waals surface area contributed by atoms with Crippen LogP contribution < -0.4 is 9.64 Å². The predicted octanol–water partition coefficient (Wildman–Crippen LogP) is 8.30. The van der Waals surface area contributed by atoms with Crippen molar-refractivity contribution in [3.63, 3.8) is 0 Å². The number of nitrogens with zero attached hydrogens (tertiary/aromatic N) is 1. The maximum atomic E-state index is 11.8. The molecule has 0 saturated carbocycles. The molecule has 6 nitrogen and oxygen atoms in total. The Morgan fingerprint density at radius 3 is 2.07 bits per heavy atom. The van der Waals surface area contributed by atoms with Crippen molar-refractivity contribution in [1.29, 1.82) is 0 Å². The second-order valence-corrected chi connectivity index (χ2v) is 10.9. The summed E-state index contributed by atoms with van der Waals surface area (Å²) in [4.78, 5) is 25.8. The minimum Gasteiger partial charge on any atom is -0.490 e. The number of hydrogen-bond donors (Lipinski definition) is 0. The van der Waals surface area contributed by atoms with Crippen LogP contribution in [0.3, 0.4) is 0 Å². The standard InChI is InChI=1S/C38H37NO5/c1-4-37(40)44-36(26-43-38(41)27(2)3)25-42-35-22-17-30(18-23-35)29-14-19-33(20-15-29)39(32-12-6-5-7-13-32)34-21-16-28-10-8-9-11-31(28)24-34/h4-7,12-24,36H,1-2,8-11,25-26H2,3H3. The van der Waals surface area contributed by atoms with Crippen LogP contribution in [0.4, 0.5) is 17.1 Å². The van der Waals surface area contributed by atoms with Crippen LogP contribution in [-0.4, -0.2) is 31.3 Å². The summed E-state index contributed by atoms with van der Waals surface area (Å²) in [5, 5.41) is 0. The second kappa shape index (κ2) is 14.4. The SMILES string of the molecule is C=CC(=O)OC(COC(=O)C(=C)C)COc1ccc(-c2ccc(N(c3ccccc3)c3ccc4c(c3)CCCC4)cc2)cc1. The van der Waals surface area contributed by atoms with E-state index in [1.165, 1.54) is 24.0 Å². The fourth-order valence-electron chi connectivity index (χ4n) is 5.24. The van der Waals surface area contributed by atoms with Crippen LogP contribution in [0, 0.1) is 0 Å². The van der Waals surface area contributed by atoms with Gasteiger partial charge in [0.05, 0.1) is 0 Å². The van der Waals surface area contributed by atoms with Gasteiger partial charge in [0.15, 0.2) is 6.10 Å². The molecule has 0 heterocycles. The fourth-order valence-corrected chi connectivity index (χ4v) is 5.24. The third-order valence-corrected chi connectivity index (χ3v) is 7.55. The molecule has 4 aromatic carbocycles. The topological polar surface area (TPSA) is 65.1 Å². The lowest BCUT2D eigenvalue weighted by molar-refractivity contribution is -0.154. The third-order valence-electron chi connectivity index (χ3n) is 7.55. The Balaban J connectivity index is 1.29. The monoisotopic (exact) mass is 587 g/mol. The quantitative estimate of drug-likeness (QED) is 0.123. The Labute approximate surface area is 259 Å². The molecule has 0 aromatic heterocycles. The Hall–Kier alpha value is -5.10. The number of carbonyl (C=O) groups is 2. The molecule has 0 spiro atoms.